The molecule has 0 unspecified atom stereocenters. The van der Waals surface area contributed by atoms with Crippen LogP contribution < -0.4 is 10.1 Å². The first kappa shape index (κ1) is 13.2. The highest BCUT2D eigenvalue weighted by Crippen LogP contribution is 2.26. The van der Waals surface area contributed by atoms with E-state index in [1.807, 2.05) is 30.3 Å². The predicted octanol–water partition coefficient (Wildman–Crippen LogP) is 2.66. The second-order valence-electron chi connectivity index (χ2n) is 4.94. The minimum absolute atomic E-state index is 0.0757. The molecule has 3 rings (SSSR count). The van der Waals surface area contributed by atoms with Crippen LogP contribution in [0.5, 0.6) is 5.75 Å². The molecule has 1 N–H and O–H groups in total. The fourth-order valence-electron chi connectivity index (χ4n) is 2.40. The van der Waals surface area contributed by atoms with Gasteiger partial charge in [-0.2, -0.15) is 0 Å². The largest absolute Gasteiger partial charge is 0.492 e. The lowest BCUT2D eigenvalue weighted by Gasteiger charge is -2.24. The molecule has 0 saturated carbocycles. The van der Waals surface area contributed by atoms with Crippen LogP contribution in [-0.2, 0) is 17.6 Å². The third-order valence-corrected chi connectivity index (χ3v) is 4.44. The molecule has 1 aromatic carbocycles. The van der Waals surface area contributed by atoms with Gasteiger partial charge in [-0.25, -0.2) is 0 Å². The molecule has 0 fully saturated rings. The Balaban J connectivity index is 1.51. The monoisotopic (exact) mass is 287 g/mol. The van der Waals surface area contributed by atoms with Gasteiger partial charge in [-0.3, -0.25) is 4.79 Å². The number of benzene rings is 1. The van der Waals surface area contributed by atoms with E-state index in [2.05, 4.69) is 16.8 Å². The first-order valence-electron chi connectivity index (χ1n) is 6.84. The molecule has 1 amide bonds. The van der Waals surface area contributed by atoms with E-state index < -0.39 is 0 Å². The van der Waals surface area contributed by atoms with Crippen LogP contribution in [0.3, 0.4) is 0 Å². The summed E-state index contributed by atoms with van der Waals surface area (Å²) in [5.41, 5.74) is 1.12. The lowest BCUT2D eigenvalue weighted by atomic mass is 9.96. The lowest BCUT2D eigenvalue weighted by molar-refractivity contribution is -0.126. The third-order valence-electron chi connectivity index (χ3n) is 3.50. The number of carbonyl (C=O) groups excluding carboxylic acids is 1. The number of nitrogens with one attached hydrogen (secondary N) is 1. The molecular weight excluding hydrogens is 270 g/mol. The summed E-state index contributed by atoms with van der Waals surface area (Å²) in [6.07, 6.45) is 1.66. The Morgan fingerprint density at radius 1 is 1.30 bits per heavy atom. The van der Waals surface area contributed by atoms with Crippen LogP contribution in [-0.4, -0.2) is 19.1 Å². The van der Waals surface area contributed by atoms with Gasteiger partial charge >= 0.3 is 0 Å². The summed E-state index contributed by atoms with van der Waals surface area (Å²) in [5.74, 6) is 0.930. The van der Waals surface area contributed by atoms with Crippen molar-refractivity contribution in [2.24, 2.45) is 5.92 Å². The first-order valence-corrected chi connectivity index (χ1v) is 7.71. The lowest BCUT2D eigenvalue weighted by Crippen LogP contribution is -2.38. The highest BCUT2D eigenvalue weighted by Gasteiger charge is 2.25. The molecule has 1 aromatic heterocycles. The molecule has 20 heavy (non-hydrogen) atoms. The highest BCUT2D eigenvalue weighted by atomic mass is 32.1. The van der Waals surface area contributed by atoms with Gasteiger partial charge in [-0.1, -0.05) is 24.3 Å². The van der Waals surface area contributed by atoms with Gasteiger partial charge in [0.1, 0.15) is 12.4 Å². The fourth-order valence-corrected chi connectivity index (χ4v) is 3.11. The Hall–Kier alpha value is -1.81. The van der Waals surface area contributed by atoms with Crippen LogP contribution in [0.1, 0.15) is 10.4 Å². The van der Waals surface area contributed by atoms with E-state index in [9.17, 15) is 4.79 Å². The minimum Gasteiger partial charge on any atom is -0.492 e. The van der Waals surface area contributed by atoms with Crippen molar-refractivity contribution in [2.45, 2.75) is 12.8 Å². The van der Waals surface area contributed by atoms with E-state index in [0.29, 0.717) is 13.2 Å². The molecule has 3 nitrogen and oxygen atoms in total. The summed E-state index contributed by atoms with van der Waals surface area (Å²) in [7, 11) is 0. The first-order chi connectivity index (χ1) is 9.83. The molecule has 2 heterocycles. The SMILES string of the molecule is O=C(NCCc1cccs1)[C@H]1COc2ccccc2C1. The number of amides is 1. The van der Waals surface area contributed by atoms with Gasteiger partial charge in [0.15, 0.2) is 0 Å². The zero-order valence-corrected chi connectivity index (χ0v) is 12.0. The number of fused-ring (bicyclic) bond motifs is 1. The van der Waals surface area contributed by atoms with Crippen molar-refractivity contribution < 1.29 is 9.53 Å². The van der Waals surface area contributed by atoms with E-state index in [4.69, 9.17) is 4.74 Å². The zero-order valence-electron chi connectivity index (χ0n) is 11.2. The standard InChI is InChI=1S/C16H17NO2S/c18-16(17-8-7-14-5-3-9-20-14)13-10-12-4-1-2-6-15(12)19-11-13/h1-6,9,13H,7-8,10-11H2,(H,17,18)/t13-/m1/s1. The van der Waals surface area contributed by atoms with Crippen molar-refractivity contribution in [3.05, 3.63) is 52.2 Å². The van der Waals surface area contributed by atoms with Crippen LogP contribution >= 0.6 is 11.3 Å². The Morgan fingerprint density at radius 3 is 3.05 bits per heavy atom. The third kappa shape index (κ3) is 3.02. The summed E-state index contributed by atoms with van der Waals surface area (Å²) in [5, 5.41) is 5.07. The summed E-state index contributed by atoms with van der Waals surface area (Å²) in [6, 6.07) is 12.1. The Bertz CT molecular complexity index is 580. The molecule has 0 bridgehead atoms. The highest BCUT2D eigenvalue weighted by molar-refractivity contribution is 7.09. The van der Waals surface area contributed by atoms with Gasteiger partial charge in [-0.05, 0) is 35.9 Å². The predicted molar refractivity (Wildman–Crippen MR) is 80.2 cm³/mol. The molecule has 1 aliphatic rings. The Labute approximate surface area is 122 Å². The average Bonchev–Trinajstić information content (AvgIpc) is 3.00. The van der Waals surface area contributed by atoms with Crippen molar-refractivity contribution in [1.82, 2.24) is 5.32 Å². The summed E-state index contributed by atoms with van der Waals surface area (Å²) in [4.78, 5) is 13.5. The van der Waals surface area contributed by atoms with E-state index >= 15 is 0 Å². The molecule has 104 valence electrons. The minimum atomic E-state index is -0.0757. The van der Waals surface area contributed by atoms with Gasteiger partial charge in [0.2, 0.25) is 5.91 Å². The van der Waals surface area contributed by atoms with Crippen LogP contribution in [0, 0.1) is 5.92 Å². The maximum atomic E-state index is 12.1. The van der Waals surface area contributed by atoms with Crippen LogP contribution in [0.4, 0.5) is 0 Å². The molecule has 1 aliphatic heterocycles. The zero-order chi connectivity index (χ0) is 13.8. The van der Waals surface area contributed by atoms with Crippen molar-refractivity contribution in [3.63, 3.8) is 0 Å². The topological polar surface area (TPSA) is 38.3 Å². The van der Waals surface area contributed by atoms with E-state index in [1.54, 1.807) is 11.3 Å². The maximum absolute atomic E-state index is 12.1. The van der Waals surface area contributed by atoms with Crippen molar-refractivity contribution in [1.29, 1.82) is 0 Å². The molecule has 0 spiro atoms. The van der Waals surface area contributed by atoms with Gasteiger partial charge < -0.3 is 10.1 Å². The van der Waals surface area contributed by atoms with Crippen LogP contribution in [0.25, 0.3) is 0 Å². The van der Waals surface area contributed by atoms with E-state index in [1.165, 1.54) is 4.88 Å². The molecule has 2 aromatic rings. The number of para-hydroxylation sites is 1. The second kappa shape index (κ2) is 6.09. The Morgan fingerprint density at radius 2 is 2.20 bits per heavy atom. The van der Waals surface area contributed by atoms with Crippen molar-refractivity contribution in [3.8, 4) is 5.75 Å². The number of hydrogen-bond donors (Lipinski definition) is 1. The number of ether oxygens (including phenoxy) is 1. The van der Waals surface area contributed by atoms with Crippen molar-refractivity contribution in [2.75, 3.05) is 13.2 Å². The number of thiophene rings is 1. The van der Waals surface area contributed by atoms with Crippen molar-refractivity contribution >= 4 is 17.2 Å². The number of carbonyl (C=O) groups is 1. The second-order valence-corrected chi connectivity index (χ2v) is 5.97. The molecule has 4 heteroatoms. The van der Waals surface area contributed by atoms with Crippen LogP contribution in [0.2, 0.25) is 0 Å². The molecule has 0 radical (unpaired) electrons. The van der Waals surface area contributed by atoms with Gasteiger partial charge in [0.05, 0.1) is 5.92 Å². The molecule has 0 saturated heterocycles. The average molecular weight is 287 g/mol. The Kier molecular flexibility index (Phi) is 4.02. The van der Waals surface area contributed by atoms with Gasteiger partial charge in [0.25, 0.3) is 0 Å². The molecule has 0 aliphatic carbocycles. The van der Waals surface area contributed by atoms with Crippen LogP contribution in [0.15, 0.2) is 41.8 Å². The van der Waals surface area contributed by atoms with Gasteiger partial charge in [-0.15, -0.1) is 11.3 Å². The summed E-state index contributed by atoms with van der Waals surface area (Å²) in [6.45, 7) is 1.17. The molecule has 1 atom stereocenters. The summed E-state index contributed by atoms with van der Waals surface area (Å²) >= 11 is 1.72. The quantitative estimate of drug-likeness (QED) is 0.939. The fraction of sp³-hybridized carbons (Fsp3) is 0.312. The smallest absolute Gasteiger partial charge is 0.226 e. The summed E-state index contributed by atoms with van der Waals surface area (Å²) < 4.78 is 5.65. The normalized spacial score (nSPS) is 17.1. The number of hydrogen-bond acceptors (Lipinski definition) is 3. The maximum Gasteiger partial charge on any atom is 0.226 e. The van der Waals surface area contributed by atoms with E-state index in [0.717, 1.165) is 24.2 Å². The van der Waals surface area contributed by atoms with E-state index in [-0.39, 0.29) is 11.8 Å². The van der Waals surface area contributed by atoms with Gasteiger partial charge in [0, 0.05) is 11.4 Å². The molecular formula is C16H17NO2S. The number of rotatable bonds is 4.